The summed E-state index contributed by atoms with van der Waals surface area (Å²) in [5.41, 5.74) is 0.558. The molecule has 118 valence electrons. The highest BCUT2D eigenvalue weighted by Gasteiger charge is 2.10. The minimum absolute atomic E-state index is 0.130. The Hall–Kier alpha value is -2.18. The summed E-state index contributed by atoms with van der Waals surface area (Å²) in [6.45, 7) is 0.789. The van der Waals surface area contributed by atoms with Gasteiger partial charge in [-0.15, -0.1) is 11.3 Å². The minimum atomic E-state index is -0.449. The minimum Gasteiger partial charge on any atom is -0.381 e. The molecule has 1 aromatic carbocycles. The maximum atomic E-state index is 14.4. The molecule has 2 N–H and O–H groups in total. The van der Waals surface area contributed by atoms with E-state index >= 15 is 0 Å². The van der Waals surface area contributed by atoms with E-state index < -0.39 is 5.82 Å². The maximum absolute atomic E-state index is 14.4. The predicted molar refractivity (Wildman–Crippen MR) is 91.9 cm³/mol. The summed E-state index contributed by atoms with van der Waals surface area (Å²) in [6.07, 6.45) is 1.47. The highest BCUT2D eigenvalue weighted by atomic mass is 35.5. The van der Waals surface area contributed by atoms with Crippen LogP contribution in [0.3, 0.4) is 0 Å². The molecular formula is C16H13ClFN3OS. The number of hydrogen-bond acceptors (Lipinski definition) is 4. The van der Waals surface area contributed by atoms with Gasteiger partial charge in [-0.25, -0.2) is 4.39 Å². The van der Waals surface area contributed by atoms with Gasteiger partial charge < -0.3 is 10.6 Å². The standard InChI is InChI=1S/C16H13ClFN3OS/c17-11-5-6-20-15-10(11)3-4-12(14(15)18)19-7-8-21-16(22)13-2-1-9-23-13/h1-6,9,19H,7-8H2,(H,21,22). The summed E-state index contributed by atoms with van der Waals surface area (Å²) in [7, 11) is 0. The quantitative estimate of drug-likeness (QED) is 0.686. The second-order valence-corrected chi connectivity index (χ2v) is 6.13. The van der Waals surface area contributed by atoms with E-state index in [9.17, 15) is 9.18 Å². The highest BCUT2D eigenvalue weighted by molar-refractivity contribution is 7.12. The van der Waals surface area contributed by atoms with Crippen molar-refractivity contribution < 1.29 is 9.18 Å². The van der Waals surface area contributed by atoms with E-state index in [0.717, 1.165) is 0 Å². The van der Waals surface area contributed by atoms with Crippen molar-refractivity contribution in [3.63, 3.8) is 0 Å². The number of anilines is 1. The first-order valence-corrected chi connectivity index (χ1v) is 8.21. The van der Waals surface area contributed by atoms with Gasteiger partial charge in [0.15, 0.2) is 5.82 Å². The van der Waals surface area contributed by atoms with Crippen molar-refractivity contribution in [1.82, 2.24) is 10.3 Å². The molecule has 7 heteroatoms. The number of amides is 1. The number of carbonyl (C=O) groups is 1. The molecular weight excluding hydrogens is 337 g/mol. The van der Waals surface area contributed by atoms with Gasteiger partial charge in [-0.05, 0) is 29.6 Å². The van der Waals surface area contributed by atoms with Gasteiger partial charge in [0.2, 0.25) is 0 Å². The number of carbonyl (C=O) groups excluding carboxylic acids is 1. The Morgan fingerprint density at radius 2 is 2.13 bits per heavy atom. The number of fused-ring (bicyclic) bond motifs is 1. The predicted octanol–water partition coefficient (Wildman–Crippen LogP) is 3.93. The molecule has 0 aliphatic heterocycles. The molecule has 0 spiro atoms. The third-order valence-electron chi connectivity index (χ3n) is 3.27. The summed E-state index contributed by atoms with van der Waals surface area (Å²) in [5.74, 6) is -0.580. The van der Waals surface area contributed by atoms with E-state index in [4.69, 9.17) is 11.6 Å². The summed E-state index contributed by atoms with van der Waals surface area (Å²) in [5, 5.41) is 8.60. The lowest BCUT2D eigenvalue weighted by molar-refractivity contribution is 0.0959. The van der Waals surface area contributed by atoms with Crippen LogP contribution in [0.5, 0.6) is 0 Å². The van der Waals surface area contributed by atoms with Crippen LogP contribution in [-0.2, 0) is 0 Å². The van der Waals surface area contributed by atoms with Crippen LogP contribution in [-0.4, -0.2) is 24.0 Å². The Morgan fingerprint density at radius 3 is 2.91 bits per heavy atom. The largest absolute Gasteiger partial charge is 0.381 e. The number of pyridine rings is 1. The maximum Gasteiger partial charge on any atom is 0.261 e. The van der Waals surface area contributed by atoms with Gasteiger partial charge in [0.25, 0.3) is 5.91 Å². The Bertz CT molecular complexity index is 839. The first kappa shape index (κ1) is 15.7. The van der Waals surface area contributed by atoms with E-state index in [1.54, 1.807) is 24.3 Å². The van der Waals surface area contributed by atoms with Crippen LogP contribution >= 0.6 is 22.9 Å². The van der Waals surface area contributed by atoms with Crippen LogP contribution in [0, 0.1) is 5.82 Å². The van der Waals surface area contributed by atoms with Crippen LogP contribution in [0.2, 0.25) is 5.02 Å². The Labute approximate surface area is 141 Å². The van der Waals surface area contributed by atoms with Crippen LogP contribution in [0.25, 0.3) is 10.9 Å². The van der Waals surface area contributed by atoms with Crippen molar-refractivity contribution in [2.24, 2.45) is 0 Å². The third-order valence-corrected chi connectivity index (χ3v) is 4.47. The zero-order valence-electron chi connectivity index (χ0n) is 12.0. The molecule has 4 nitrogen and oxygen atoms in total. The average molecular weight is 350 g/mol. The molecule has 0 bridgehead atoms. The lowest BCUT2D eigenvalue weighted by atomic mass is 10.2. The van der Waals surface area contributed by atoms with E-state index in [-0.39, 0.29) is 11.4 Å². The molecule has 0 aliphatic rings. The van der Waals surface area contributed by atoms with E-state index in [1.807, 2.05) is 11.4 Å². The van der Waals surface area contributed by atoms with Crippen LogP contribution < -0.4 is 10.6 Å². The fourth-order valence-corrected chi connectivity index (χ4v) is 3.00. The average Bonchev–Trinajstić information content (AvgIpc) is 3.08. The molecule has 2 aromatic heterocycles. The lowest BCUT2D eigenvalue weighted by Crippen LogP contribution is -2.28. The van der Waals surface area contributed by atoms with Crippen molar-refractivity contribution in [1.29, 1.82) is 0 Å². The summed E-state index contributed by atoms with van der Waals surface area (Å²) < 4.78 is 14.4. The van der Waals surface area contributed by atoms with Crippen molar-refractivity contribution in [2.75, 3.05) is 18.4 Å². The van der Waals surface area contributed by atoms with Gasteiger partial charge in [-0.2, -0.15) is 0 Å². The number of halogens is 2. The molecule has 0 saturated heterocycles. The zero-order chi connectivity index (χ0) is 16.2. The highest BCUT2D eigenvalue weighted by Crippen LogP contribution is 2.27. The second kappa shape index (κ2) is 6.93. The second-order valence-electron chi connectivity index (χ2n) is 4.78. The summed E-state index contributed by atoms with van der Waals surface area (Å²) >= 11 is 7.40. The number of benzene rings is 1. The third kappa shape index (κ3) is 3.43. The fourth-order valence-electron chi connectivity index (χ4n) is 2.16. The van der Waals surface area contributed by atoms with Gasteiger partial charge >= 0.3 is 0 Å². The Kier molecular flexibility index (Phi) is 4.73. The molecule has 3 aromatic rings. The van der Waals surface area contributed by atoms with Crippen molar-refractivity contribution in [3.05, 3.63) is 57.6 Å². The van der Waals surface area contributed by atoms with Crippen molar-refractivity contribution >= 4 is 45.4 Å². The molecule has 3 rings (SSSR count). The monoisotopic (exact) mass is 349 g/mol. The number of rotatable bonds is 5. The number of thiophene rings is 1. The van der Waals surface area contributed by atoms with Crippen molar-refractivity contribution in [3.8, 4) is 0 Å². The van der Waals surface area contributed by atoms with Gasteiger partial charge in [0.1, 0.15) is 5.52 Å². The number of nitrogens with one attached hydrogen (secondary N) is 2. The van der Waals surface area contributed by atoms with Gasteiger partial charge in [0.05, 0.1) is 15.6 Å². The van der Waals surface area contributed by atoms with E-state index in [1.165, 1.54) is 17.5 Å². The molecule has 2 heterocycles. The molecule has 0 atom stereocenters. The van der Waals surface area contributed by atoms with Crippen LogP contribution in [0.4, 0.5) is 10.1 Å². The van der Waals surface area contributed by atoms with Crippen LogP contribution in [0.15, 0.2) is 41.9 Å². The van der Waals surface area contributed by atoms with Crippen molar-refractivity contribution in [2.45, 2.75) is 0 Å². The van der Waals surface area contributed by atoms with Crippen LogP contribution in [0.1, 0.15) is 9.67 Å². The van der Waals surface area contributed by atoms with Gasteiger partial charge in [0, 0.05) is 24.7 Å². The summed E-state index contributed by atoms with van der Waals surface area (Å²) in [6, 6.07) is 8.54. The molecule has 23 heavy (non-hydrogen) atoms. The SMILES string of the molecule is O=C(NCCNc1ccc2c(Cl)ccnc2c1F)c1cccs1. The zero-order valence-corrected chi connectivity index (χ0v) is 13.5. The van der Waals surface area contributed by atoms with Gasteiger partial charge in [-0.3, -0.25) is 9.78 Å². The number of aromatic nitrogens is 1. The fraction of sp³-hybridized carbons (Fsp3) is 0.125. The molecule has 0 aliphatic carbocycles. The van der Waals surface area contributed by atoms with E-state index in [2.05, 4.69) is 15.6 Å². The lowest BCUT2D eigenvalue weighted by Gasteiger charge is -2.10. The molecule has 0 radical (unpaired) electrons. The molecule has 0 fully saturated rings. The first-order valence-electron chi connectivity index (χ1n) is 6.95. The van der Waals surface area contributed by atoms with E-state index in [0.29, 0.717) is 34.1 Å². The first-order chi connectivity index (χ1) is 11.2. The van der Waals surface area contributed by atoms with Gasteiger partial charge in [-0.1, -0.05) is 17.7 Å². The summed E-state index contributed by atoms with van der Waals surface area (Å²) in [4.78, 5) is 16.4. The molecule has 1 amide bonds. The normalized spacial score (nSPS) is 10.7. The smallest absolute Gasteiger partial charge is 0.261 e. The Balaban J connectivity index is 1.61. The topological polar surface area (TPSA) is 54.0 Å². The number of nitrogens with zero attached hydrogens (tertiary/aromatic N) is 1. The molecule has 0 saturated carbocycles. The number of hydrogen-bond donors (Lipinski definition) is 2. The Morgan fingerprint density at radius 1 is 1.26 bits per heavy atom. The molecule has 0 unspecified atom stereocenters.